The molecule has 24 heavy (non-hydrogen) atoms. The number of nitrogens with zero attached hydrogens (tertiary/aromatic N) is 3. The fourth-order valence-electron chi connectivity index (χ4n) is 3.46. The number of aromatic nitrogens is 2. The van der Waals surface area contributed by atoms with Crippen molar-refractivity contribution in [3.63, 3.8) is 0 Å². The lowest BCUT2D eigenvalue weighted by molar-refractivity contribution is 0.0616. The number of amides is 1. The van der Waals surface area contributed by atoms with Crippen LogP contribution in [0.1, 0.15) is 37.7 Å². The molecule has 1 saturated heterocycles. The van der Waals surface area contributed by atoms with E-state index < -0.39 is 0 Å². The van der Waals surface area contributed by atoms with Gasteiger partial charge in [-0.2, -0.15) is 5.10 Å². The summed E-state index contributed by atoms with van der Waals surface area (Å²) in [6.07, 6.45) is 1.17. The molecular weight excluding hydrogens is 302 g/mol. The van der Waals surface area contributed by atoms with Crippen LogP contribution in [0, 0.1) is 11.8 Å². The van der Waals surface area contributed by atoms with Gasteiger partial charge in [-0.15, -0.1) is 0 Å². The van der Waals surface area contributed by atoms with E-state index in [1.165, 1.54) is 6.42 Å². The van der Waals surface area contributed by atoms with Crippen LogP contribution in [0.3, 0.4) is 0 Å². The van der Waals surface area contributed by atoms with Crippen molar-refractivity contribution in [2.24, 2.45) is 11.8 Å². The van der Waals surface area contributed by atoms with Gasteiger partial charge in [0.25, 0.3) is 5.91 Å². The molecule has 1 amide bonds. The molecule has 1 aliphatic rings. The Morgan fingerprint density at radius 2 is 1.88 bits per heavy atom. The summed E-state index contributed by atoms with van der Waals surface area (Å²) in [7, 11) is 0. The largest absolute Gasteiger partial charge is 0.478 e. The normalized spacial score (nSPS) is 20.9. The summed E-state index contributed by atoms with van der Waals surface area (Å²) in [5.74, 6) is 1.65. The van der Waals surface area contributed by atoms with E-state index in [4.69, 9.17) is 4.74 Å². The highest BCUT2D eigenvalue weighted by molar-refractivity contribution is 5.92. The number of likely N-dealkylation sites (tertiary alicyclic amines) is 1. The van der Waals surface area contributed by atoms with Crippen molar-refractivity contribution >= 4 is 5.91 Å². The molecule has 0 unspecified atom stereocenters. The molecule has 0 saturated carbocycles. The summed E-state index contributed by atoms with van der Waals surface area (Å²) >= 11 is 0. The lowest BCUT2D eigenvalue weighted by Gasteiger charge is -2.34. The van der Waals surface area contributed by atoms with Crippen molar-refractivity contribution in [3.8, 4) is 11.6 Å². The van der Waals surface area contributed by atoms with Crippen molar-refractivity contribution in [1.29, 1.82) is 0 Å². The molecule has 1 aromatic carbocycles. The molecule has 5 heteroatoms. The number of para-hydroxylation sites is 1. The van der Waals surface area contributed by atoms with E-state index in [0.29, 0.717) is 30.0 Å². The molecule has 0 aliphatic carbocycles. The summed E-state index contributed by atoms with van der Waals surface area (Å²) in [5, 5.41) is 4.52. The SMILES string of the molecule is CCOc1cc(C(=O)N2C[C@@H](C)C[C@H](C)C2)nn1-c1ccccc1. The molecule has 1 aromatic heterocycles. The van der Waals surface area contributed by atoms with Crippen LogP contribution in [0.25, 0.3) is 5.69 Å². The highest BCUT2D eigenvalue weighted by Crippen LogP contribution is 2.25. The zero-order valence-electron chi connectivity index (χ0n) is 14.6. The van der Waals surface area contributed by atoms with E-state index in [9.17, 15) is 4.79 Å². The zero-order chi connectivity index (χ0) is 17.1. The summed E-state index contributed by atoms with van der Waals surface area (Å²) in [6.45, 7) is 8.45. The van der Waals surface area contributed by atoms with E-state index in [0.717, 1.165) is 18.8 Å². The monoisotopic (exact) mass is 327 g/mol. The molecule has 0 radical (unpaired) electrons. The van der Waals surface area contributed by atoms with Crippen LogP contribution in [0.2, 0.25) is 0 Å². The summed E-state index contributed by atoms with van der Waals surface area (Å²) < 4.78 is 7.38. The molecule has 2 heterocycles. The Kier molecular flexibility index (Phi) is 4.88. The van der Waals surface area contributed by atoms with Crippen molar-refractivity contribution in [2.75, 3.05) is 19.7 Å². The van der Waals surface area contributed by atoms with Gasteiger partial charge in [-0.05, 0) is 37.3 Å². The summed E-state index contributed by atoms with van der Waals surface area (Å²) in [4.78, 5) is 14.8. The average Bonchev–Trinajstić information content (AvgIpc) is 2.98. The van der Waals surface area contributed by atoms with E-state index in [2.05, 4.69) is 18.9 Å². The highest BCUT2D eigenvalue weighted by Gasteiger charge is 2.28. The number of piperidine rings is 1. The van der Waals surface area contributed by atoms with Crippen LogP contribution in [0.5, 0.6) is 5.88 Å². The van der Waals surface area contributed by atoms with Crippen LogP contribution in [-0.2, 0) is 0 Å². The minimum Gasteiger partial charge on any atom is -0.478 e. The Bertz CT molecular complexity index is 686. The van der Waals surface area contributed by atoms with Gasteiger partial charge in [0, 0.05) is 19.2 Å². The fraction of sp³-hybridized carbons (Fsp3) is 0.474. The van der Waals surface area contributed by atoms with Gasteiger partial charge in [-0.3, -0.25) is 4.79 Å². The Labute approximate surface area is 143 Å². The van der Waals surface area contributed by atoms with E-state index in [-0.39, 0.29) is 5.91 Å². The predicted octanol–water partition coefficient (Wildman–Crippen LogP) is 3.39. The van der Waals surface area contributed by atoms with Crippen LogP contribution in [0.15, 0.2) is 36.4 Å². The topological polar surface area (TPSA) is 47.4 Å². The lowest BCUT2D eigenvalue weighted by atomic mass is 9.92. The molecule has 0 N–H and O–H groups in total. The standard InChI is InChI=1S/C19H25N3O2/c1-4-24-18-11-17(20-22(18)16-8-6-5-7-9-16)19(23)21-12-14(2)10-15(3)13-21/h5-9,11,14-15H,4,10,12-13H2,1-3H3/t14-,15-/m0/s1. The first kappa shape index (κ1) is 16.6. The quantitative estimate of drug-likeness (QED) is 0.865. The number of carbonyl (C=O) groups is 1. The van der Waals surface area contributed by atoms with Crippen LogP contribution in [0.4, 0.5) is 0 Å². The first-order chi connectivity index (χ1) is 11.6. The molecule has 3 rings (SSSR count). The third-order valence-electron chi connectivity index (χ3n) is 4.34. The van der Waals surface area contributed by atoms with Crippen molar-refractivity contribution in [3.05, 3.63) is 42.1 Å². The Balaban J connectivity index is 1.89. The van der Waals surface area contributed by atoms with Gasteiger partial charge in [0.1, 0.15) is 0 Å². The van der Waals surface area contributed by atoms with Gasteiger partial charge >= 0.3 is 0 Å². The van der Waals surface area contributed by atoms with E-state index in [1.807, 2.05) is 42.2 Å². The smallest absolute Gasteiger partial charge is 0.274 e. The zero-order valence-corrected chi connectivity index (χ0v) is 14.6. The Hall–Kier alpha value is -2.30. The fourth-order valence-corrected chi connectivity index (χ4v) is 3.46. The second-order valence-electron chi connectivity index (χ2n) is 6.70. The second kappa shape index (κ2) is 7.07. The van der Waals surface area contributed by atoms with Gasteiger partial charge in [0.15, 0.2) is 5.69 Å². The first-order valence-corrected chi connectivity index (χ1v) is 8.66. The van der Waals surface area contributed by atoms with Crippen molar-refractivity contribution in [1.82, 2.24) is 14.7 Å². The van der Waals surface area contributed by atoms with E-state index >= 15 is 0 Å². The minimum atomic E-state index is -0.0102. The molecule has 0 spiro atoms. The number of rotatable bonds is 4. The Morgan fingerprint density at radius 1 is 1.21 bits per heavy atom. The molecule has 1 fully saturated rings. The number of ether oxygens (including phenoxy) is 1. The van der Waals surface area contributed by atoms with Gasteiger partial charge in [0.2, 0.25) is 5.88 Å². The second-order valence-corrected chi connectivity index (χ2v) is 6.70. The molecule has 5 nitrogen and oxygen atoms in total. The minimum absolute atomic E-state index is 0.0102. The molecule has 0 bridgehead atoms. The third-order valence-corrected chi connectivity index (χ3v) is 4.34. The van der Waals surface area contributed by atoms with Crippen molar-refractivity contribution < 1.29 is 9.53 Å². The molecule has 2 aromatic rings. The molecule has 2 atom stereocenters. The van der Waals surface area contributed by atoms with E-state index in [1.54, 1.807) is 10.7 Å². The van der Waals surface area contributed by atoms with Crippen LogP contribution >= 0.6 is 0 Å². The number of carbonyl (C=O) groups excluding carboxylic acids is 1. The predicted molar refractivity (Wildman–Crippen MR) is 93.6 cm³/mol. The molecule has 128 valence electrons. The molecule has 1 aliphatic heterocycles. The van der Waals surface area contributed by atoms with Crippen LogP contribution in [-0.4, -0.2) is 40.3 Å². The summed E-state index contributed by atoms with van der Waals surface area (Å²) in [5.41, 5.74) is 1.34. The van der Waals surface area contributed by atoms with Crippen LogP contribution < -0.4 is 4.74 Å². The van der Waals surface area contributed by atoms with Gasteiger partial charge in [-0.25, -0.2) is 4.68 Å². The maximum absolute atomic E-state index is 12.9. The maximum atomic E-state index is 12.9. The lowest BCUT2D eigenvalue weighted by Crippen LogP contribution is -2.42. The number of hydrogen-bond acceptors (Lipinski definition) is 3. The highest BCUT2D eigenvalue weighted by atomic mass is 16.5. The third kappa shape index (κ3) is 3.45. The number of hydrogen-bond donors (Lipinski definition) is 0. The van der Waals surface area contributed by atoms with Crippen molar-refractivity contribution in [2.45, 2.75) is 27.2 Å². The number of benzene rings is 1. The first-order valence-electron chi connectivity index (χ1n) is 8.66. The maximum Gasteiger partial charge on any atom is 0.274 e. The van der Waals surface area contributed by atoms with Gasteiger partial charge < -0.3 is 9.64 Å². The average molecular weight is 327 g/mol. The summed E-state index contributed by atoms with van der Waals surface area (Å²) in [6, 6.07) is 11.5. The van der Waals surface area contributed by atoms with Gasteiger partial charge in [-0.1, -0.05) is 32.0 Å². The Morgan fingerprint density at radius 3 is 2.50 bits per heavy atom. The molecular formula is C19H25N3O2. The van der Waals surface area contributed by atoms with Gasteiger partial charge in [0.05, 0.1) is 12.3 Å².